The Morgan fingerprint density at radius 1 is 1.00 bits per heavy atom. The topological polar surface area (TPSA) is 58.6 Å². The van der Waals surface area contributed by atoms with Gasteiger partial charge in [0.05, 0.1) is 0 Å². The third-order valence-corrected chi connectivity index (χ3v) is 4.46. The van der Waals surface area contributed by atoms with Crippen molar-refractivity contribution in [2.75, 3.05) is 18.4 Å². The fraction of sp³-hybridized carbons (Fsp3) is 0.529. The number of ether oxygens (including phenoxy) is 1. The van der Waals surface area contributed by atoms with E-state index in [1.165, 1.54) is 12.1 Å². The summed E-state index contributed by atoms with van der Waals surface area (Å²) in [4.78, 5) is 26.1. The van der Waals surface area contributed by atoms with Crippen molar-refractivity contribution in [2.24, 2.45) is 11.8 Å². The van der Waals surface area contributed by atoms with Crippen molar-refractivity contribution in [1.82, 2.24) is 4.90 Å². The molecule has 5 nitrogen and oxygen atoms in total. The molecule has 25 heavy (non-hydrogen) atoms. The average molecular weight is 356 g/mol. The summed E-state index contributed by atoms with van der Waals surface area (Å²) in [5.41, 5.74) is 0.413. The van der Waals surface area contributed by atoms with E-state index in [1.54, 1.807) is 0 Å². The summed E-state index contributed by atoms with van der Waals surface area (Å²) in [6.45, 7) is 1.15. The Morgan fingerprint density at radius 2 is 1.60 bits per heavy atom. The van der Waals surface area contributed by atoms with Gasteiger partial charge in [-0.1, -0.05) is 0 Å². The number of amides is 2. The lowest BCUT2D eigenvalue weighted by Gasteiger charge is -2.31. The standard InChI is InChI=1S/C17H19F3N2O3/c18-17(19,20)25-14-5-3-13(4-6-14)21-15(23)11-7-9-22(10-8-11)16(24)12-1-2-12/h3-6,11-12H,1-2,7-10H2,(H,21,23). The minimum Gasteiger partial charge on any atom is -0.406 e. The lowest BCUT2D eigenvalue weighted by molar-refractivity contribution is -0.274. The predicted octanol–water partition coefficient (Wildman–Crippen LogP) is 3.17. The van der Waals surface area contributed by atoms with Crippen LogP contribution in [-0.2, 0) is 9.59 Å². The molecule has 1 saturated heterocycles. The van der Waals surface area contributed by atoms with Gasteiger partial charge in [0.25, 0.3) is 0 Å². The highest BCUT2D eigenvalue weighted by molar-refractivity contribution is 5.92. The first-order valence-corrected chi connectivity index (χ1v) is 8.27. The third kappa shape index (κ3) is 4.87. The summed E-state index contributed by atoms with van der Waals surface area (Å²) in [6.07, 6.45) is -1.61. The van der Waals surface area contributed by atoms with Gasteiger partial charge in [-0.05, 0) is 49.9 Å². The van der Waals surface area contributed by atoms with E-state index in [1.807, 2.05) is 4.90 Å². The molecule has 1 aromatic carbocycles. The van der Waals surface area contributed by atoms with Crippen molar-refractivity contribution in [2.45, 2.75) is 32.0 Å². The van der Waals surface area contributed by atoms with Gasteiger partial charge in [0.1, 0.15) is 5.75 Å². The molecule has 1 aliphatic carbocycles. The molecule has 1 heterocycles. The number of anilines is 1. The van der Waals surface area contributed by atoms with E-state index in [9.17, 15) is 22.8 Å². The Hall–Kier alpha value is -2.25. The molecule has 2 aliphatic rings. The molecule has 136 valence electrons. The molecule has 2 amide bonds. The van der Waals surface area contributed by atoms with Crippen LogP contribution in [0, 0.1) is 11.8 Å². The van der Waals surface area contributed by atoms with Gasteiger partial charge in [0, 0.05) is 30.6 Å². The van der Waals surface area contributed by atoms with Crippen molar-refractivity contribution in [3.63, 3.8) is 0 Å². The molecule has 0 atom stereocenters. The van der Waals surface area contributed by atoms with E-state index in [0.717, 1.165) is 25.0 Å². The van der Waals surface area contributed by atoms with Crippen molar-refractivity contribution >= 4 is 17.5 Å². The third-order valence-electron chi connectivity index (χ3n) is 4.46. The molecule has 2 fully saturated rings. The van der Waals surface area contributed by atoms with E-state index in [4.69, 9.17) is 0 Å². The molecule has 1 aliphatic heterocycles. The fourth-order valence-corrected chi connectivity index (χ4v) is 2.93. The van der Waals surface area contributed by atoms with Crippen LogP contribution in [0.5, 0.6) is 5.75 Å². The van der Waals surface area contributed by atoms with Crippen molar-refractivity contribution in [1.29, 1.82) is 0 Å². The van der Waals surface area contributed by atoms with Gasteiger partial charge in [-0.15, -0.1) is 13.2 Å². The highest BCUT2D eigenvalue weighted by Gasteiger charge is 2.36. The van der Waals surface area contributed by atoms with Crippen LogP contribution in [0.4, 0.5) is 18.9 Å². The van der Waals surface area contributed by atoms with Crippen LogP contribution in [0.25, 0.3) is 0 Å². The molecule has 1 aromatic rings. The summed E-state index contributed by atoms with van der Waals surface area (Å²) in [6, 6.07) is 5.04. The summed E-state index contributed by atoms with van der Waals surface area (Å²) in [7, 11) is 0. The number of nitrogens with one attached hydrogen (secondary N) is 1. The number of benzene rings is 1. The van der Waals surface area contributed by atoms with Crippen LogP contribution < -0.4 is 10.1 Å². The maximum absolute atomic E-state index is 12.3. The molecule has 0 bridgehead atoms. The van der Waals surface area contributed by atoms with Gasteiger partial charge in [0.15, 0.2) is 0 Å². The molecule has 8 heteroatoms. The van der Waals surface area contributed by atoms with Gasteiger partial charge in [-0.2, -0.15) is 0 Å². The van der Waals surface area contributed by atoms with Gasteiger partial charge in [-0.3, -0.25) is 9.59 Å². The van der Waals surface area contributed by atoms with Crippen LogP contribution >= 0.6 is 0 Å². The minimum atomic E-state index is -4.74. The normalized spacial score (nSPS) is 18.8. The number of nitrogens with zero attached hydrogens (tertiary/aromatic N) is 1. The second kappa shape index (κ2) is 6.93. The molecule has 1 N–H and O–H groups in total. The first-order valence-electron chi connectivity index (χ1n) is 8.27. The van der Waals surface area contributed by atoms with Gasteiger partial charge < -0.3 is 15.0 Å². The number of halogens is 3. The van der Waals surface area contributed by atoms with Crippen molar-refractivity contribution in [3.05, 3.63) is 24.3 Å². The van der Waals surface area contributed by atoms with Crippen LogP contribution in [0.15, 0.2) is 24.3 Å². The SMILES string of the molecule is O=C(Nc1ccc(OC(F)(F)F)cc1)C1CCN(C(=O)C2CC2)CC1. The van der Waals surface area contributed by atoms with E-state index >= 15 is 0 Å². The highest BCUT2D eigenvalue weighted by atomic mass is 19.4. The molecule has 1 saturated carbocycles. The minimum absolute atomic E-state index is 0.178. The van der Waals surface area contributed by atoms with Gasteiger partial charge >= 0.3 is 6.36 Å². The van der Waals surface area contributed by atoms with Gasteiger partial charge in [-0.25, -0.2) is 0 Å². The Kier molecular flexibility index (Phi) is 4.87. The van der Waals surface area contributed by atoms with E-state index in [2.05, 4.69) is 10.1 Å². The maximum Gasteiger partial charge on any atom is 0.573 e. The number of piperidine rings is 1. The highest BCUT2D eigenvalue weighted by Crippen LogP contribution is 2.32. The zero-order valence-electron chi connectivity index (χ0n) is 13.5. The summed E-state index contributed by atoms with van der Waals surface area (Å²) in [5.74, 6) is -0.336. The molecule has 0 radical (unpaired) electrons. The number of alkyl halides is 3. The molecule has 0 unspecified atom stereocenters. The first-order chi connectivity index (χ1) is 11.8. The quantitative estimate of drug-likeness (QED) is 0.902. The Balaban J connectivity index is 1.48. The number of carbonyl (C=O) groups excluding carboxylic acids is 2. The van der Waals surface area contributed by atoms with Crippen LogP contribution in [-0.4, -0.2) is 36.2 Å². The van der Waals surface area contributed by atoms with E-state index in [0.29, 0.717) is 31.6 Å². The molecular formula is C17H19F3N2O3. The number of hydrogen-bond acceptors (Lipinski definition) is 3. The zero-order valence-corrected chi connectivity index (χ0v) is 13.5. The molecule has 0 spiro atoms. The van der Waals surface area contributed by atoms with Gasteiger partial charge in [0.2, 0.25) is 11.8 Å². The van der Waals surface area contributed by atoms with Crippen LogP contribution in [0.1, 0.15) is 25.7 Å². The average Bonchev–Trinajstić information content (AvgIpc) is 3.40. The van der Waals surface area contributed by atoms with Crippen LogP contribution in [0.2, 0.25) is 0 Å². The number of rotatable bonds is 4. The monoisotopic (exact) mass is 356 g/mol. The fourth-order valence-electron chi connectivity index (χ4n) is 2.93. The van der Waals surface area contributed by atoms with E-state index in [-0.39, 0.29) is 29.4 Å². The largest absolute Gasteiger partial charge is 0.573 e. The first kappa shape index (κ1) is 17.6. The summed E-state index contributed by atoms with van der Waals surface area (Å²) in [5, 5.41) is 2.70. The van der Waals surface area contributed by atoms with Crippen LogP contribution in [0.3, 0.4) is 0 Å². The van der Waals surface area contributed by atoms with Crippen molar-refractivity contribution in [3.8, 4) is 5.75 Å². The smallest absolute Gasteiger partial charge is 0.406 e. The molecule has 0 aromatic heterocycles. The lowest BCUT2D eigenvalue weighted by Crippen LogP contribution is -2.42. The summed E-state index contributed by atoms with van der Waals surface area (Å²) < 4.78 is 40.1. The second-order valence-corrected chi connectivity index (χ2v) is 6.44. The lowest BCUT2D eigenvalue weighted by atomic mass is 9.95. The summed E-state index contributed by atoms with van der Waals surface area (Å²) >= 11 is 0. The van der Waals surface area contributed by atoms with E-state index < -0.39 is 6.36 Å². The maximum atomic E-state index is 12.3. The predicted molar refractivity (Wildman–Crippen MR) is 83.8 cm³/mol. The Bertz CT molecular complexity index is 634. The molecule has 3 rings (SSSR count). The Morgan fingerprint density at radius 3 is 2.12 bits per heavy atom. The van der Waals surface area contributed by atoms with Crippen molar-refractivity contribution < 1.29 is 27.5 Å². The number of carbonyl (C=O) groups is 2. The Labute approximate surface area is 143 Å². The molecular weight excluding hydrogens is 337 g/mol. The number of likely N-dealkylation sites (tertiary alicyclic amines) is 1. The number of hydrogen-bond donors (Lipinski definition) is 1. The second-order valence-electron chi connectivity index (χ2n) is 6.44. The zero-order chi connectivity index (χ0) is 18.0.